The topological polar surface area (TPSA) is 151 Å². The Morgan fingerprint density at radius 1 is 1.13 bits per heavy atom. The molecule has 0 aliphatic heterocycles. The van der Waals surface area contributed by atoms with Crippen LogP contribution < -0.4 is 16.4 Å². The Labute approximate surface area is 227 Å². The zero-order chi connectivity index (χ0) is 28.6. The van der Waals surface area contributed by atoms with Crippen LogP contribution in [-0.4, -0.2) is 52.0 Å². The number of anilines is 1. The SMILES string of the molecule is CCCN(C(=O)C(CC(N)=O)NC(=O)OC(C)(C)C)C(C(=O)Nc1c(C)cccc1Cl)c1cccc(O)c1. The van der Waals surface area contributed by atoms with E-state index in [0.29, 0.717) is 28.3 Å². The summed E-state index contributed by atoms with van der Waals surface area (Å²) < 4.78 is 5.25. The molecule has 0 fully saturated rings. The van der Waals surface area contributed by atoms with E-state index < -0.39 is 47.9 Å². The molecule has 0 saturated heterocycles. The number of rotatable bonds is 10. The van der Waals surface area contributed by atoms with E-state index in [0.717, 1.165) is 0 Å². The first-order chi connectivity index (χ1) is 17.7. The minimum atomic E-state index is -1.40. The van der Waals surface area contributed by atoms with Crippen molar-refractivity contribution < 1.29 is 29.0 Å². The number of halogens is 1. The molecule has 5 N–H and O–H groups in total. The van der Waals surface area contributed by atoms with E-state index in [-0.39, 0.29) is 12.3 Å². The van der Waals surface area contributed by atoms with Crippen molar-refractivity contribution in [2.45, 2.75) is 65.1 Å². The normalized spacial score (nSPS) is 12.7. The summed E-state index contributed by atoms with van der Waals surface area (Å²) in [4.78, 5) is 53.1. The fraction of sp³-hybridized carbons (Fsp3) is 0.407. The number of para-hydroxylation sites is 1. The zero-order valence-corrected chi connectivity index (χ0v) is 23.0. The van der Waals surface area contributed by atoms with Crippen molar-refractivity contribution in [2.24, 2.45) is 5.73 Å². The van der Waals surface area contributed by atoms with E-state index in [1.165, 1.54) is 17.0 Å². The van der Waals surface area contributed by atoms with E-state index in [4.69, 9.17) is 22.1 Å². The van der Waals surface area contributed by atoms with E-state index >= 15 is 0 Å². The van der Waals surface area contributed by atoms with Crippen LogP contribution in [0.5, 0.6) is 5.75 Å². The van der Waals surface area contributed by atoms with Gasteiger partial charge in [-0.25, -0.2) is 4.79 Å². The lowest BCUT2D eigenvalue weighted by Gasteiger charge is -2.34. The molecule has 10 nitrogen and oxygen atoms in total. The number of phenols is 1. The van der Waals surface area contributed by atoms with Gasteiger partial charge in [0.25, 0.3) is 5.91 Å². The lowest BCUT2D eigenvalue weighted by molar-refractivity contribution is -0.141. The van der Waals surface area contributed by atoms with Gasteiger partial charge in [0.1, 0.15) is 23.4 Å². The second kappa shape index (κ2) is 13.1. The van der Waals surface area contributed by atoms with Gasteiger partial charge in [-0.3, -0.25) is 14.4 Å². The maximum atomic E-state index is 13.8. The first-order valence-electron chi connectivity index (χ1n) is 12.2. The van der Waals surface area contributed by atoms with Gasteiger partial charge in [-0.2, -0.15) is 0 Å². The molecule has 4 amide bonds. The van der Waals surface area contributed by atoms with Crippen LogP contribution in [0.2, 0.25) is 5.02 Å². The molecule has 0 aliphatic rings. The first kappa shape index (κ1) is 30.4. The van der Waals surface area contributed by atoms with E-state index in [1.807, 2.05) is 0 Å². The number of amides is 4. The lowest BCUT2D eigenvalue weighted by atomic mass is 10.0. The molecule has 0 heterocycles. The summed E-state index contributed by atoms with van der Waals surface area (Å²) in [7, 11) is 0. The highest BCUT2D eigenvalue weighted by Gasteiger charge is 2.37. The molecule has 0 spiro atoms. The van der Waals surface area contributed by atoms with Crippen LogP contribution in [0.15, 0.2) is 42.5 Å². The third kappa shape index (κ3) is 8.65. The number of nitrogens with two attached hydrogens (primary N) is 1. The highest BCUT2D eigenvalue weighted by molar-refractivity contribution is 6.34. The second-order valence-electron chi connectivity index (χ2n) is 9.82. The minimum Gasteiger partial charge on any atom is -0.508 e. The molecular weight excluding hydrogens is 512 g/mol. The smallest absolute Gasteiger partial charge is 0.408 e. The summed E-state index contributed by atoms with van der Waals surface area (Å²) >= 11 is 6.32. The number of primary amides is 1. The quantitative estimate of drug-likeness (QED) is 0.353. The zero-order valence-electron chi connectivity index (χ0n) is 22.2. The molecule has 11 heteroatoms. The molecule has 0 radical (unpaired) electrons. The maximum absolute atomic E-state index is 13.8. The van der Waals surface area contributed by atoms with Crippen LogP contribution in [0.1, 0.15) is 57.7 Å². The van der Waals surface area contributed by atoms with Crippen molar-refractivity contribution in [1.29, 1.82) is 0 Å². The van der Waals surface area contributed by atoms with Gasteiger partial charge in [-0.05, 0) is 63.4 Å². The van der Waals surface area contributed by atoms with Gasteiger partial charge in [-0.1, -0.05) is 42.8 Å². The summed E-state index contributed by atoms with van der Waals surface area (Å²) in [5.41, 5.74) is 5.90. The number of carbonyl (C=O) groups is 4. The van der Waals surface area contributed by atoms with Gasteiger partial charge >= 0.3 is 6.09 Å². The Morgan fingerprint density at radius 2 is 1.79 bits per heavy atom. The number of aromatic hydroxyl groups is 1. The van der Waals surface area contributed by atoms with Crippen molar-refractivity contribution in [3.8, 4) is 5.75 Å². The van der Waals surface area contributed by atoms with Crippen LogP contribution in [0, 0.1) is 6.92 Å². The molecule has 2 atom stereocenters. The monoisotopic (exact) mass is 546 g/mol. The average Bonchev–Trinajstić information content (AvgIpc) is 2.79. The Balaban J connectivity index is 2.55. The summed E-state index contributed by atoms with van der Waals surface area (Å²) in [6, 6.07) is 8.41. The molecule has 0 aliphatic carbocycles. The molecular formula is C27H35ClN4O6. The molecule has 0 bridgehead atoms. The Kier molecular flexibility index (Phi) is 10.5. The average molecular weight is 547 g/mol. The summed E-state index contributed by atoms with van der Waals surface area (Å²) in [5, 5.41) is 15.6. The number of alkyl carbamates (subject to hydrolysis) is 1. The number of hydrogen-bond acceptors (Lipinski definition) is 6. The van der Waals surface area contributed by atoms with Gasteiger partial charge in [0.15, 0.2) is 0 Å². The number of hydrogen-bond donors (Lipinski definition) is 4. The number of carbonyl (C=O) groups excluding carboxylic acids is 4. The Hall–Kier alpha value is -3.79. The largest absolute Gasteiger partial charge is 0.508 e. The minimum absolute atomic E-state index is 0.0827. The van der Waals surface area contributed by atoms with Crippen LogP contribution in [0.4, 0.5) is 10.5 Å². The van der Waals surface area contributed by atoms with Crippen LogP contribution in [-0.2, 0) is 19.1 Å². The fourth-order valence-corrected chi connectivity index (χ4v) is 4.08. The van der Waals surface area contributed by atoms with E-state index in [2.05, 4.69) is 10.6 Å². The summed E-state index contributed by atoms with van der Waals surface area (Å²) in [6.45, 7) is 8.62. The Bertz CT molecular complexity index is 1160. The first-order valence-corrected chi connectivity index (χ1v) is 12.5. The fourth-order valence-electron chi connectivity index (χ4n) is 3.81. The van der Waals surface area contributed by atoms with Crippen molar-refractivity contribution in [2.75, 3.05) is 11.9 Å². The van der Waals surface area contributed by atoms with Gasteiger partial charge in [0, 0.05) is 6.54 Å². The van der Waals surface area contributed by atoms with Crippen LogP contribution >= 0.6 is 11.6 Å². The number of ether oxygens (including phenoxy) is 1. The number of benzene rings is 2. The van der Waals surface area contributed by atoms with Crippen LogP contribution in [0.3, 0.4) is 0 Å². The molecule has 0 saturated carbocycles. The molecule has 2 unspecified atom stereocenters. The van der Waals surface area contributed by atoms with E-state index in [9.17, 15) is 24.3 Å². The van der Waals surface area contributed by atoms with Crippen molar-refractivity contribution in [3.63, 3.8) is 0 Å². The highest BCUT2D eigenvalue weighted by Crippen LogP contribution is 2.30. The lowest BCUT2D eigenvalue weighted by Crippen LogP contribution is -2.53. The van der Waals surface area contributed by atoms with Gasteiger partial charge in [0.2, 0.25) is 11.8 Å². The summed E-state index contributed by atoms with van der Waals surface area (Å²) in [6.07, 6.45) is -0.996. The van der Waals surface area contributed by atoms with Crippen molar-refractivity contribution in [1.82, 2.24) is 10.2 Å². The second-order valence-corrected chi connectivity index (χ2v) is 10.2. The molecule has 0 aromatic heterocycles. The molecule has 2 aromatic carbocycles. The third-order valence-corrected chi connectivity index (χ3v) is 5.67. The highest BCUT2D eigenvalue weighted by atomic mass is 35.5. The number of nitrogens with zero attached hydrogens (tertiary/aromatic N) is 1. The van der Waals surface area contributed by atoms with Crippen molar-refractivity contribution in [3.05, 3.63) is 58.6 Å². The van der Waals surface area contributed by atoms with E-state index in [1.54, 1.807) is 65.0 Å². The third-order valence-electron chi connectivity index (χ3n) is 5.36. The standard InChI is InChI=1S/C27H35ClN4O6/c1-6-13-32(25(36)20(15-21(29)34)30-26(37)38-27(3,4)5)23(17-10-8-11-18(33)14-17)24(35)31-22-16(2)9-7-12-19(22)28/h7-12,14,20,23,33H,6,13,15H2,1-5H3,(H2,29,34)(H,30,37)(H,31,35). The predicted molar refractivity (Wildman–Crippen MR) is 145 cm³/mol. The number of phenolic OH excluding ortho intramolecular Hbond substituents is 1. The predicted octanol–water partition coefficient (Wildman–Crippen LogP) is 4.04. The number of aryl methyl sites for hydroxylation is 1. The van der Waals surface area contributed by atoms with Gasteiger partial charge < -0.3 is 31.1 Å². The number of nitrogens with one attached hydrogen (secondary N) is 2. The van der Waals surface area contributed by atoms with Crippen LogP contribution in [0.25, 0.3) is 0 Å². The molecule has 206 valence electrons. The molecule has 2 aromatic rings. The Morgan fingerprint density at radius 3 is 2.34 bits per heavy atom. The van der Waals surface area contributed by atoms with Crippen molar-refractivity contribution >= 4 is 41.1 Å². The molecule has 38 heavy (non-hydrogen) atoms. The summed E-state index contributed by atoms with van der Waals surface area (Å²) in [5.74, 6) is -2.28. The molecule has 2 rings (SSSR count). The van der Waals surface area contributed by atoms with Gasteiger partial charge in [0.05, 0.1) is 17.1 Å². The van der Waals surface area contributed by atoms with Gasteiger partial charge in [-0.15, -0.1) is 0 Å². The maximum Gasteiger partial charge on any atom is 0.408 e.